The molecule has 10 rings (SSSR count). The van der Waals surface area contributed by atoms with Crippen molar-refractivity contribution in [2.24, 2.45) is 0 Å². The largest absolute Gasteiger partial charge is 0.872 e. The fraction of sp³-hybridized carbons (Fsp3) is 0.0345. The van der Waals surface area contributed by atoms with Gasteiger partial charge in [-0.2, -0.15) is 0 Å². The quantitative estimate of drug-likeness (QED) is 0.0942. The zero-order chi connectivity index (χ0) is 48.8. The second-order valence-corrected chi connectivity index (χ2v) is 16.4. The second kappa shape index (κ2) is 20.5. The minimum absolute atomic E-state index is 0.0231. The fourth-order valence-electron chi connectivity index (χ4n) is 7.72. The summed E-state index contributed by atoms with van der Waals surface area (Å²) >= 11 is 11.8. The van der Waals surface area contributed by atoms with Crippen molar-refractivity contribution >= 4 is 91.0 Å². The van der Waals surface area contributed by atoms with Gasteiger partial charge in [-0.1, -0.05) is 163 Å². The molecule has 0 radical (unpaired) electrons. The average Bonchev–Trinajstić information content (AvgIpc) is 3.91. The van der Waals surface area contributed by atoms with Gasteiger partial charge < -0.3 is 10.2 Å². The first-order valence-corrected chi connectivity index (χ1v) is 21.8. The third-order valence-corrected chi connectivity index (χ3v) is 11.7. The Labute approximate surface area is 401 Å². The third kappa shape index (κ3) is 9.50. The first-order chi connectivity index (χ1) is 32.7. The van der Waals surface area contributed by atoms with E-state index in [-0.39, 0.29) is 68.0 Å². The van der Waals surface area contributed by atoms with Crippen LogP contribution in [0.5, 0.6) is 0 Å². The zero-order valence-electron chi connectivity index (χ0n) is 36.6. The number of allylic oxidation sites excluding steroid dienone is 14. The Morgan fingerprint density at radius 3 is 1.37 bits per heavy atom. The smallest absolute Gasteiger partial charge is 0.197 e. The maximum absolute atomic E-state index is 12.8. The summed E-state index contributed by atoms with van der Waals surface area (Å²) in [5.41, 5.74) is 3.97. The van der Waals surface area contributed by atoms with Crippen LogP contribution in [0.3, 0.4) is 0 Å². The SMILES string of the molecule is C=C/C=C(Cl)/C=C/C.C=C1C(=O)c2cc3ccccc3cc2C1=O.CC1=C([O-])c2ccccc2C1=O.O=C1C(=CC=C(Cl)C=CC2=C([O-])c3cc4ccccc4cc3C2=O)C(=O)c2ccccc21. The molecule has 0 N–H and O–H groups in total. The first kappa shape index (κ1) is 47.7. The Kier molecular flexibility index (Phi) is 14.3. The van der Waals surface area contributed by atoms with Gasteiger partial charge in [0.05, 0.1) is 11.1 Å². The molecule has 0 aliphatic heterocycles. The minimum atomic E-state index is -0.355. The van der Waals surface area contributed by atoms with E-state index in [2.05, 4.69) is 13.2 Å². The minimum Gasteiger partial charge on any atom is -0.872 e. The zero-order valence-corrected chi connectivity index (χ0v) is 38.1. The molecule has 0 amide bonds. The Balaban J connectivity index is 0.000000157. The Bertz CT molecular complexity index is 3350. The normalized spacial score (nSPS) is 15.1. The van der Waals surface area contributed by atoms with Gasteiger partial charge in [-0.3, -0.25) is 28.8 Å². The van der Waals surface area contributed by atoms with Crippen LogP contribution in [0.25, 0.3) is 33.1 Å². The maximum Gasteiger partial charge on any atom is 0.197 e. The molecule has 6 aromatic carbocycles. The van der Waals surface area contributed by atoms with Crippen LogP contribution in [-0.4, -0.2) is 34.7 Å². The summed E-state index contributed by atoms with van der Waals surface area (Å²) in [6, 6.07) is 35.7. The number of Topliss-reactive ketones (excluding diaryl/α,β-unsaturated/α-hetero) is 6. The number of ketones is 6. The standard InChI is InChI=1S/C27H15ClO4.C14H8O2.C10H8O2.C7H9Cl/c28-17(9-11-20-24(29)18-7-3-4-8-19(18)25(20)30)10-12-21-26(31)22-13-15-5-1-2-6-16(15)14-23(22)27(21)32;1-8-13(15)11-6-9-4-2-3-5-10(9)7-12(11)14(8)16;1-6-9(11)7-4-2-3-5-8(7)10(6)12;1-3-5-7(8)6-4-2/h1-14,31H;2-7H,1H2;2-5,11H,1H3;3-6H,1H2,2H3/p-2/b;;;6-4+,7-5-. The van der Waals surface area contributed by atoms with Gasteiger partial charge in [-0.25, -0.2) is 0 Å². The van der Waals surface area contributed by atoms with E-state index < -0.39 is 0 Å². The van der Waals surface area contributed by atoms with E-state index in [0.29, 0.717) is 55.1 Å². The van der Waals surface area contributed by atoms with E-state index in [4.69, 9.17) is 23.2 Å². The molecule has 0 spiro atoms. The molecular weight excluding hydrogens is 896 g/mol. The van der Waals surface area contributed by atoms with E-state index in [0.717, 1.165) is 21.5 Å². The van der Waals surface area contributed by atoms with E-state index >= 15 is 0 Å². The molecule has 4 aliphatic carbocycles. The topological polar surface area (TPSA) is 149 Å². The molecule has 4 aliphatic rings. The molecule has 0 saturated heterocycles. The molecule has 0 saturated carbocycles. The highest BCUT2D eigenvalue weighted by molar-refractivity contribution is 6.40. The van der Waals surface area contributed by atoms with Gasteiger partial charge in [0.1, 0.15) is 0 Å². The van der Waals surface area contributed by atoms with Crippen molar-refractivity contribution in [1.29, 1.82) is 0 Å². The van der Waals surface area contributed by atoms with Crippen LogP contribution in [0.1, 0.15) is 87.1 Å². The third-order valence-electron chi connectivity index (χ3n) is 11.2. The van der Waals surface area contributed by atoms with Crippen LogP contribution in [0.4, 0.5) is 0 Å². The van der Waals surface area contributed by atoms with Gasteiger partial charge in [0.25, 0.3) is 0 Å². The highest BCUT2D eigenvalue weighted by atomic mass is 35.5. The number of carbonyl (C=O) groups is 6. The lowest BCUT2D eigenvalue weighted by Crippen LogP contribution is -2.02. The van der Waals surface area contributed by atoms with E-state index in [1.54, 1.807) is 91.9 Å². The molecular formula is C58H38Cl2O8-2. The molecule has 0 heterocycles. The summed E-state index contributed by atoms with van der Waals surface area (Å²) in [7, 11) is 0. The molecule has 8 nitrogen and oxygen atoms in total. The number of carbonyl (C=O) groups excluding carboxylic acids is 6. The van der Waals surface area contributed by atoms with Gasteiger partial charge in [-0.15, -0.1) is 0 Å². The van der Waals surface area contributed by atoms with Crippen molar-refractivity contribution in [3.05, 3.63) is 260 Å². The monoisotopic (exact) mass is 932 g/mol. The van der Waals surface area contributed by atoms with Gasteiger partial charge in [0, 0.05) is 49.0 Å². The molecule has 6 aromatic rings. The van der Waals surface area contributed by atoms with Crippen LogP contribution < -0.4 is 10.2 Å². The first-order valence-electron chi connectivity index (χ1n) is 21.0. The van der Waals surface area contributed by atoms with Crippen LogP contribution >= 0.6 is 23.2 Å². The van der Waals surface area contributed by atoms with Gasteiger partial charge in [0.2, 0.25) is 0 Å². The second-order valence-electron chi connectivity index (χ2n) is 15.5. The lowest BCUT2D eigenvalue weighted by molar-refractivity contribution is -0.244. The van der Waals surface area contributed by atoms with Crippen LogP contribution in [0.15, 0.2) is 215 Å². The summed E-state index contributed by atoms with van der Waals surface area (Å²) in [5, 5.41) is 28.7. The van der Waals surface area contributed by atoms with Crippen LogP contribution in [0.2, 0.25) is 0 Å². The highest BCUT2D eigenvalue weighted by Gasteiger charge is 2.33. The number of hydrogen-bond acceptors (Lipinski definition) is 8. The summed E-state index contributed by atoms with van der Waals surface area (Å²) in [6.45, 7) is 10.5. The predicted molar refractivity (Wildman–Crippen MR) is 266 cm³/mol. The number of rotatable bonds is 5. The number of fused-ring (bicyclic) bond motifs is 6. The van der Waals surface area contributed by atoms with Gasteiger partial charge >= 0.3 is 0 Å². The molecule has 334 valence electrons. The van der Waals surface area contributed by atoms with Crippen LogP contribution in [-0.2, 0) is 0 Å². The summed E-state index contributed by atoms with van der Waals surface area (Å²) < 4.78 is 0. The maximum atomic E-state index is 12.8. The summed E-state index contributed by atoms with van der Waals surface area (Å²) in [6.07, 6.45) is 12.6. The predicted octanol–water partition coefficient (Wildman–Crippen LogP) is 11.4. The highest BCUT2D eigenvalue weighted by Crippen LogP contribution is 2.34. The molecule has 10 heteroatoms. The lowest BCUT2D eigenvalue weighted by atomic mass is 10.0. The average molecular weight is 934 g/mol. The van der Waals surface area contributed by atoms with Gasteiger partial charge in [-0.05, 0) is 107 Å². The van der Waals surface area contributed by atoms with Crippen molar-refractivity contribution in [2.75, 3.05) is 0 Å². The van der Waals surface area contributed by atoms with Crippen molar-refractivity contribution in [2.45, 2.75) is 13.8 Å². The molecule has 68 heavy (non-hydrogen) atoms. The van der Waals surface area contributed by atoms with Crippen molar-refractivity contribution in [3.63, 3.8) is 0 Å². The molecule has 0 aromatic heterocycles. The molecule has 0 bridgehead atoms. The van der Waals surface area contributed by atoms with Crippen molar-refractivity contribution < 1.29 is 39.0 Å². The Hall–Kier alpha value is -8.30. The summed E-state index contributed by atoms with van der Waals surface area (Å²) in [4.78, 5) is 72.4. The van der Waals surface area contributed by atoms with E-state index in [1.165, 1.54) is 24.3 Å². The van der Waals surface area contributed by atoms with Crippen molar-refractivity contribution in [1.82, 2.24) is 0 Å². The number of benzene rings is 6. The molecule has 0 atom stereocenters. The molecule has 0 unspecified atom stereocenters. The van der Waals surface area contributed by atoms with E-state index in [1.807, 2.05) is 67.6 Å². The van der Waals surface area contributed by atoms with E-state index in [9.17, 15) is 39.0 Å². The Morgan fingerprint density at radius 2 is 0.912 bits per heavy atom. The Morgan fingerprint density at radius 1 is 0.500 bits per heavy atom. The molecule has 0 fully saturated rings. The number of hydrogen-bond donors (Lipinski definition) is 0. The fourth-order valence-corrected chi connectivity index (χ4v) is 8.06. The summed E-state index contributed by atoms with van der Waals surface area (Å²) in [5.74, 6) is -2.16. The number of halogens is 2. The lowest BCUT2D eigenvalue weighted by Gasteiger charge is -2.10. The van der Waals surface area contributed by atoms with Gasteiger partial charge in [0.15, 0.2) is 34.7 Å². The van der Waals surface area contributed by atoms with Crippen LogP contribution in [0, 0.1) is 0 Å². The van der Waals surface area contributed by atoms with Crippen molar-refractivity contribution in [3.8, 4) is 0 Å².